The van der Waals surface area contributed by atoms with Crippen LogP contribution in [-0.2, 0) is 0 Å². The highest BCUT2D eigenvalue weighted by molar-refractivity contribution is 6.20. The minimum Gasteiger partial charge on any atom is -0.494 e. The molecule has 18 heavy (non-hydrogen) atoms. The second kappa shape index (κ2) is 5.40. The van der Waals surface area contributed by atoms with Gasteiger partial charge >= 0.3 is 0 Å². The third-order valence-corrected chi connectivity index (χ3v) is 3.30. The lowest BCUT2D eigenvalue weighted by molar-refractivity contribution is 0.411. The van der Waals surface area contributed by atoms with E-state index in [0.717, 1.165) is 29.1 Å². The average Bonchev–Trinajstić information content (AvgIpc) is 2.87. The second-order valence-corrected chi connectivity index (χ2v) is 4.67. The van der Waals surface area contributed by atoms with E-state index < -0.39 is 0 Å². The van der Waals surface area contributed by atoms with Crippen LogP contribution in [0.1, 0.15) is 30.0 Å². The summed E-state index contributed by atoms with van der Waals surface area (Å²) in [6.07, 6.45) is 2.67. The van der Waals surface area contributed by atoms with Crippen LogP contribution in [0.15, 0.2) is 24.4 Å². The van der Waals surface area contributed by atoms with Gasteiger partial charge in [-0.1, -0.05) is 18.2 Å². The topological polar surface area (TPSA) is 39.9 Å². The maximum Gasteiger partial charge on any atom is 0.144 e. The van der Waals surface area contributed by atoms with E-state index in [2.05, 4.69) is 10.3 Å². The number of aryl methyl sites for hydroxylation is 1. The SMILES string of the molecule is CCC(Cl)c1cn(-c2cc(C)ccc2OC)nn1. The molecule has 0 amide bonds. The van der Waals surface area contributed by atoms with Crippen molar-refractivity contribution in [3.05, 3.63) is 35.7 Å². The highest BCUT2D eigenvalue weighted by Gasteiger charge is 2.13. The Bertz CT molecular complexity index is 539. The first-order valence-electron chi connectivity index (χ1n) is 5.87. The molecule has 0 spiro atoms. The van der Waals surface area contributed by atoms with E-state index >= 15 is 0 Å². The highest BCUT2D eigenvalue weighted by atomic mass is 35.5. The largest absolute Gasteiger partial charge is 0.494 e. The fraction of sp³-hybridized carbons (Fsp3) is 0.385. The van der Waals surface area contributed by atoms with Crippen molar-refractivity contribution in [2.75, 3.05) is 7.11 Å². The van der Waals surface area contributed by atoms with Crippen LogP contribution in [0.4, 0.5) is 0 Å². The predicted molar refractivity (Wildman–Crippen MR) is 71.5 cm³/mol. The summed E-state index contributed by atoms with van der Waals surface area (Å²) in [6, 6.07) is 5.92. The fourth-order valence-corrected chi connectivity index (χ4v) is 1.83. The predicted octanol–water partition coefficient (Wildman–Crippen LogP) is 3.27. The molecule has 1 atom stereocenters. The molecule has 0 aliphatic carbocycles. The van der Waals surface area contributed by atoms with Crippen LogP contribution in [0.3, 0.4) is 0 Å². The number of methoxy groups -OCH3 is 1. The molecule has 2 rings (SSSR count). The minimum atomic E-state index is -0.102. The number of hydrogen-bond acceptors (Lipinski definition) is 3. The van der Waals surface area contributed by atoms with E-state index in [-0.39, 0.29) is 5.38 Å². The Balaban J connectivity index is 2.42. The molecule has 0 saturated carbocycles. The third kappa shape index (κ3) is 2.48. The average molecular weight is 266 g/mol. The third-order valence-electron chi connectivity index (χ3n) is 2.77. The molecule has 0 aliphatic heterocycles. The van der Waals surface area contributed by atoms with Crippen molar-refractivity contribution in [2.45, 2.75) is 25.6 Å². The van der Waals surface area contributed by atoms with Crippen molar-refractivity contribution in [1.82, 2.24) is 15.0 Å². The standard InChI is InChI=1S/C13H16ClN3O/c1-4-10(14)11-8-17(16-15-11)12-7-9(2)5-6-13(12)18-3/h5-8,10H,4H2,1-3H3. The van der Waals surface area contributed by atoms with Crippen LogP contribution < -0.4 is 4.74 Å². The van der Waals surface area contributed by atoms with Gasteiger partial charge in [0.15, 0.2) is 0 Å². The summed E-state index contributed by atoms with van der Waals surface area (Å²) in [5.41, 5.74) is 2.79. The maximum atomic E-state index is 6.15. The number of alkyl halides is 1. The van der Waals surface area contributed by atoms with Gasteiger partial charge in [-0.05, 0) is 31.0 Å². The molecule has 96 valence electrons. The fourth-order valence-electron chi connectivity index (χ4n) is 1.73. The summed E-state index contributed by atoms with van der Waals surface area (Å²) in [5, 5.41) is 8.10. The number of halogens is 1. The zero-order valence-corrected chi connectivity index (χ0v) is 11.5. The number of aromatic nitrogens is 3. The number of rotatable bonds is 4. The zero-order chi connectivity index (χ0) is 13.1. The Labute approximate surface area is 112 Å². The molecule has 0 fully saturated rings. The van der Waals surface area contributed by atoms with Gasteiger partial charge in [0.1, 0.15) is 17.1 Å². The van der Waals surface area contributed by atoms with Crippen molar-refractivity contribution < 1.29 is 4.74 Å². The van der Waals surface area contributed by atoms with Crippen LogP contribution in [0.2, 0.25) is 0 Å². The van der Waals surface area contributed by atoms with E-state index in [9.17, 15) is 0 Å². The maximum absolute atomic E-state index is 6.15. The van der Waals surface area contributed by atoms with Gasteiger partial charge in [0.2, 0.25) is 0 Å². The van der Waals surface area contributed by atoms with Crippen LogP contribution in [0, 0.1) is 6.92 Å². The van der Waals surface area contributed by atoms with Crippen molar-refractivity contribution in [3.63, 3.8) is 0 Å². The first kappa shape index (κ1) is 12.9. The Kier molecular flexibility index (Phi) is 3.87. The first-order valence-corrected chi connectivity index (χ1v) is 6.30. The number of benzene rings is 1. The van der Waals surface area contributed by atoms with E-state index in [1.807, 2.05) is 38.2 Å². The van der Waals surface area contributed by atoms with E-state index in [1.54, 1.807) is 11.8 Å². The summed E-state index contributed by atoms with van der Waals surface area (Å²) >= 11 is 6.15. The molecule has 4 nitrogen and oxygen atoms in total. The Hall–Kier alpha value is -1.55. The van der Waals surface area contributed by atoms with Gasteiger partial charge < -0.3 is 4.74 Å². The summed E-state index contributed by atoms with van der Waals surface area (Å²) in [6.45, 7) is 4.04. The summed E-state index contributed by atoms with van der Waals surface area (Å²) < 4.78 is 7.03. The first-order chi connectivity index (χ1) is 8.65. The quantitative estimate of drug-likeness (QED) is 0.797. The molecule has 1 unspecified atom stereocenters. The monoisotopic (exact) mass is 265 g/mol. The van der Waals surface area contributed by atoms with Gasteiger partial charge in [0.05, 0.1) is 18.7 Å². The number of hydrogen-bond donors (Lipinski definition) is 0. The molecular weight excluding hydrogens is 250 g/mol. The summed E-state index contributed by atoms with van der Waals surface area (Å²) in [5.74, 6) is 0.764. The van der Waals surface area contributed by atoms with Crippen molar-refractivity contribution in [3.8, 4) is 11.4 Å². The molecule has 2 aromatic rings. The number of ether oxygens (including phenoxy) is 1. The molecule has 0 aliphatic rings. The minimum absolute atomic E-state index is 0.102. The molecule has 0 N–H and O–H groups in total. The summed E-state index contributed by atoms with van der Waals surface area (Å²) in [7, 11) is 1.64. The van der Waals surface area contributed by atoms with Crippen molar-refractivity contribution in [2.24, 2.45) is 0 Å². The molecule has 0 saturated heterocycles. The van der Waals surface area contributed by atoms with Crippen LogP contribution in [0.25, 0.3) is 5.69 Å². The lowest BCUT2D eigenvalue weighted by Gasteiger charge is -2.08. The highest BCUT2D eigenvalue weighted by Crippen LogP contribution is 2.26. The lowest BCUT2D eigenvalue weighted by Crippen LogP contribution is -1.99. The Morgan fingerprint density at radius 1 is 1.44 bits per heavy atom. The van der Waals surface area contributed by atoms with Crippen molar-refractivity contribution in [1.29, 1.82) is 0 Å². The molecule has 1 heterocycles. The van der Waals surface area contributed by atoms with Gasteiger partial charge in [-0.2, -0.15) is 0 Å². The Morgan fingerprint density at radius 3 is 2.89 bits per heavy atom. The van der Waals surface area contributed by atoms with Gasteiger partial charge in [0, 0.05) is 0 Å². The molecule has 0 radical (unpaired) electrons. The molecular formula is C13H16ClN3O. The van der Waals surface area contributed by atoms with E-state index in [4.69, 9.17) is 16.3 Å². The van der Waals surface area contributed by atoms with Crippen LogP contribution in [-0.4, -0.2) is 22.1 Å². The zero-order valence-electron chi connectivity index (χ0n) is 10.7. The van der Waals surface area contributed by atoms with Gasteiger partial charge in [-0.15, -0.1) is 16.7 Å². The van der Waals surface area contributed by atoms with Crippen LogP contribution >= 0.6 is 11.6 Å². The summed E-state index contributed by atoms with van der Waals surface area (Å²) in [4.78, 5) is 0. The van der Waals surface area contributed by atoms with Crippen molar-refractivity contribution >= 4 is 11.6 Å². The van der Waals surface area contributed by atoms with E-state index in [1.165, 1.54) is 0 Å². The molecule has 1 aromatic carbocycles. The normalized spacial score (nSPS) is 12.4. The van der Waals surface area contributed by atoms with E-state index in [0.29, 0.717) is 0 Å². The second-order valence-electron chi connectivity index (χ2n) is 4.14. The Morgan fingerprint density at radius 2 is 2.22 bits per heavy atom. The molecule has 1 aromatic heterocycles. The molecule has 0 bridgehead atoms. The van der Waals surface area contributed by atoms with Gasteiger partial charge in [0.25, 0.3) is 0 Å². The smallest absolute Gasteiger partial charge is 0.144 e. The lowest BCUT2D eigenvalue weighted by atomic mass is 10.2. The molecule has 5 heteroatoms. The van der Waals surface area contributed by atoms with Gasteiger partial charge in [-0.25, -0.2) is 4.68 Å². The van der Waals surface area contributed by atoms with Gasteiger partial charge in [-0.3, -0.25) is 0 Å². The van der Waals surface area contributed by atoms with Crippen LogP contribution in [0.5, 0.6) is 5.75 Å². The number of nitrogens with zero attached hydrogens (tertiary/aromatic N) is 3.